The van der Waals surface area contributed by atoms with E-state index in [2.05, 4.69) is 28.1 Å². The molecule has 3 amide bonds. The molecule has 0 radical (unpaired) electrons. The summed E-state index contributed by atoms with van der Waals surface area (Å²) in [5, 5.41) is 8.13. The fourth-order valence-corrected chi connectivity index (χ4v) is 4.88. The molecule has 8 nitrogen and oxygen atoms in total. The Labute approximate surface area is 201 Å². The summed E-state index contributed by atoms with van der Waals surface area (Å²) in [6.07, 6.45) is 4.65. The second kappa shape index (κ2) is 12.5. The van der Waals surface area contributed by atoms with Crippen LogP contribution >= 0.6 is 0 Å². The third kappa shape index (κ3) is 7.57. The molecule has 3 rings (SSSR count). The highest BCUT2D eigenvalue weighted by Crippen LogP contribution is 2.33. The van der Waals surface area contributed by atoms with Gasteiger partial charge in [0.2, 0.25) is 11.8 Å². The molecule has 1 aromatic carbocycles. The molecule has 186 valence electrons. The van der Waals surface area contributed by atoms with Crippen molar-refractivity contribution in [3.63, 3.8) is 0 Å². The molecule has 0 bridgehead atoms. The van der Waals surface area contributed by atoms with Crippen LogP contribution in [0.1, 0.15) is 70.3 Å². The first kappa shape index (κ1) is 25.7. The number of hydrogen-bond acceptors (Lipinski definition) is 5. The topological polar surface area (TPSA) is 114 Å². The number of hydrogen-bond donors (Lipinski definition) is 3. The van der Waals surface area contributed by atoms with E-state index in [1.54, 1.807) is 0 Å². The lowest BCUT2D eigenvalue weighted by atomic mass is 9.83. The summed E-state index contributed by atoms with van der Waals surface area (Å²) in [5.74, 6) is -0.195. The minimum absolute atomic E-state index is 0.0940. The van der Waals surface area contributed by atoms with Crippen molar-refractivity contribution in [2.45, 2.75) is 82.9 Å². The van der Waals surface area contributed by atoms with Gasteiger partial charge in [0.1, 0.15) is 18.4 Å². The number of carbonyl (C=O) groups is 4. The quantitative estimate of drug-likeness (QED) is 0.454. The number of rotatable bonds is 10. The molecular formula is C26H37N3O5. The van der Waals surface area contributed by atoms with E-state index in [0.717, 1.165) is 25.7 Å². The molecule has 3 atom stereocenters. The van der Waals surface area contributed by atoms with E-state index < -0.39 is 24.1 Å². The van der Waals surface area contributed by atoms with Gasteiger partial charge in [-0.05, 0) is 62.3 Å². The molecule has 1 aliphatic carbocycles. The van der Waals surface area contributed by atoms with Gasteiger partial charge in [0.05, 0.1) is 6.04 Å². The zero-order valence-corrected chi connectivity index (χ0v) is 20.1. The minimum atomic E-state index is -0.812. The van der Waals surface area contributed by atoms with E-state index in [1.807, 2.05) is 32.0 Å². The summed E-state index contributed by atoms with van der Waals surface area (Å²) in [5.41, 5.74) is 1.32. The molecule has 0 aromatic heterocycles. The van der Waals surface area contributed by atoms with Crippen LogP contribution in [-0.4, -0.2) is 48.9 Å². The van der Waals surface area contributed by atoms with Crippen LogP contribution in [0.4, 0.5) is 4.79 Å². The zero-order valence-electron chi connectivity index (χ0n) is 20.1. The summed E-state index contributed by atoms with van der Waals surface area (Å²) in [6.45, 7) is 4.50. The molecule has 1 saturated carbocycles. The van der Waals surface area contributed by atoms with Crippen LogP contribution in [0.3, 0.4) is 0 Å². The van der Waals surface area contributed by atoms with Crippen LogP contribution in [0.15, 0.2) is 30.3 Å². The SMILES string of the molecule is CC(C)C[C@H](NC(=O)OC1CCC(c2ccccc2)CC1)C(=O)N[C@H](C=O)C[C@@H]1CCNC1=O. The Hall–Kier alpha value is -2.90. The first-order valence-electron chi connectivity index (χ1n) is 12.4. The number of nitrogens with one attached hydrogen (secondary N) is 3. The summed E-state index contributed by atoms with van der Waals surface area (Å²) >= 11 is 0. The molecule has 0 unspecified atom stereocenters. The van der Waals surface area contributed by atoms with Crippen molar-refractivity contribution in [3.8, 4) is 0 Å². The van der Waals surface area contributed by atoms with Gasteiger partial charge in [-0.3, -0.25) is 9.59 Å². The van der Waals surface area contributed by atoms with Crippen LogP contribution in [0.5, 0.6) is 0 Å². The zero-order chi connectivity index (χ0) is 24.5. The van der Waals surface area contributed by atoms with E-state index >= 15 is 0 Å². The molecule has 0 spiro atoms. The van der Waals surface area contributed by atoms with Crippen LogP contribution in [-0.2, 0) is 19.1 Å². The fourth-order valence-electron chi connectivity index (χ4n) is 4.88. The molecule has 2 fully saturated rings. The molecule has 8 heteroatoms. The largest absolute Gasteiger partial charge is 0.446 e. The monoisotopic (exact) mass is 471 g/mol. The van der Waals surface area contributed by atoms with E-state index in [4.69, 9.17) is 4.74 Å². The molecular weight excluding hydrogens is 434 g/mol. The Morgan fingerprint density at radius 2 is 1.79 bits per heavy atom. The van der Waals surface area contributed by atoms with E-state index in [9.17, 15) is 19.2 Å². The Kier molecular flexibility index (Phi) is 9.48. The Balaban J connectivity index is 1.49. The lowest BCUT2D eigenvalue weighted by molar-refractivity contribution is -0.127. The second-order valence-corrected chi connectivity index (χ2v) is 9.88. The second-order valence-electron chi connectivity index (χ2n) is 9.88. The standard InChI is InChI=1S/C26H37N3O5/c1-17(2)14-23(25(32)28-21(16-30)15-20-12-13-27-24(20)31)29-26(33)34-22-10-8-19(9-11-22)18-6-4-3-5-7-18/h3-7,16-17,19-23H,8-15H2,1-2H3,(H,27,31)(H,28,32)(H,29,33)/t19?,20-,21-,22?,23-/m0/s1. The minimum Gasteiger partial charge on any atom is -0.446 e. The van der Waals surface area contributed by atoms with Crippen molar-refractivity contribution in [1.82, 2.24) is 16.0 Å². The smallest absolute Gasteiger partial charge is 0.408 e. The van der Waals surface area contributed by atoms with Gasteiger partial charge >= 0.3 is 6.09 Å². The van der Waals surface area contributed by atoms with Crippen molar-refractivity contribution < 1.29 is 23.9 Å². The van der Waals surface area contributed by atoms with Crippen molar-refractivity contribution in [2.75, 3.05) is 6.54 Å². The third-order valence-electron chi connectivity index (χ3n) is 6.73. The van der Waals surface area contributed by atoms with Gasteiger partial charge in [0.25, 0.3) is 0 Å². The fraction of sp³-hybridized carbons (Fsp3) is 0.615. The maximum Gasteiger partial charge on any atom is 0.408 e. The lowest BCUT2D eigenvalue weighted by Gasteiger charge is -2.29. The lowest BCUT2D eigenvalue weighted by Crippen LogP contribution is -2.51. The average molecular weight is 472 g/mol. The van der Waals surface area contributed by atoms with Crippen LogP contribution in [0.25, 0.3) is 0 Å². The number of alkyl carbamates (subject to hydrolysis) is 1. The predicted molar refractivity (Wildman–Crippen MR) is 128 cm³/mol. The van der Waals surface area contributed by atoms with Crippen molar-refractivity contribution in [1.29, 1.82) is 0 Å². The van der Waals surface area contributed by atoms with Crippen molar-refractivity contribution in [3.05, 3.63) is 35.9 Å². The van der Waals surface area contributed by atoms with E-state index in [-0.39, 0.29) is 30.3 Å². The summed E-state index contributed by atoms with van der Waals surface area (Å²) < 4.78 is 5.64. The first-order chi connectivity index (χ1) is 16.4. The molecule has 2 aliphatic rings. The third-order valence-corrected chi connectivity index (χ3v) is 6.73. The van der Waals surface area contributed by atoms with Gasteiger partial charge in [-0.1, -0.05) is 44.2 Å². The van der Waals surface area contributed by atoms with Gasteiger partial charge < -0.3 is 25.5 Å². The van der Waals surface area contributed by atoms with Gasteiger partial charge in [-0.25, -0.2) is 4.79 Å². The van der Waals surface area contributed by atoms with Crippen LogP contribution in [0, 0.1) is 11.8 Å². The maximum atomic E-state index is 12.9. The number of benzene rings is 1. The number of amides is 3. The molecule has 1 heterocycles. The number of aldehydes is 1. The number of ether oxygens (including phenoxy) is 1. The van der Waals surface area contributed by atoms with Crippen LogP contribution in [0.2, 0.25) is 0 Å². The van der Waals surface area contributed by atoms with Gasteiger partial charge in [-0.15, -0.1) is 0 Å². The van der Waals surface area contributed by atoms with E-state index in [0.29, 0.717) is 31.6 Å². The number of carbonyl (C=O) groups excluding carboxylic acids is 4. The summed E-state index contributed by atoms with van der Waals surface area (Å²) in [6, 6.07) is 8.79. The van der Waals surface area contributed by atoms with Gasteiger partial charge in [0.15, 0.2) is 0 Å². The highest BCUT2D eigenvalue weighted by Gasteiger charge is 2.31. The Bertz CT molecular complexity index is 836. The molecule has 1 aliphatic heterocycles. The molecule has 34 heavy (non-hydrogen) atoms. The molecule has 1 saturated heterocycles. The maximum absolute atomic E-state index is 12.9. The summed E-state index contributed by atoms with van der Waals surface area (Å²) in [4.78, 5) is 48.8. The predicted octanol–water partition coefficient (Wildman–Crippen LogP) is 3.06. The van der Waals surface area contributed by atoms with Crippen molar-refractivity contribution in [2.24, 2.45) is 11.8 Å². The van der Waals surface area contributed by atoms with Crippen LogP contribution < -0.4 is 16.0 Å². The summed E-state index contributed by atoms with van der Waals surface area (Å²) in [7, 11) is 0. The Morgan fingerprint density at radius 3 is 2.38 bits per heavy atom. The van der Waals surface area contributed by atoms with Crippen molar-refractivity contribution >= 4 is 24.2 Å². The van der Waals surface area contributed by atoms with E-state index in [1.165, 1.54) is 5.56 Å². The van der Waals surface area contributed by atoms with Gasteiger partial charge in [-0.2, -0.15) is 0 Å². The normalized spacial score (nSPS) is 24.1. The van der Waals surface area contributed by atoms with Gasteiger partial charge in [0, 0.05) is 12.5 Å². The molecule has 1 aromatic rings. The highest BCUT2D eigenvalue weighted by atomic mass is 16.6. The first-order valence-corrected chi connectivity index (χ1v) is 12.4. The highest BCUT2D eigenvalue weighted by molar-refractivity contribution is 5.88. The molecule has 3 N–H and O–H groups in total. The Morgan fingerprint density at radius 1 is 1.09 bits per heavy atom. The average Bonchev–Trinajstić information content (AvgIpc) is 3.23.